The number of aromatic nitrogens is 2. The maximum Gasteiger partial charge on any atom is 0.230 e. The molecule has 1 aliphatic carbocycles. The van der Waals surface area contributed by atoms with Gasteiger partial charge in [0.05, 0.1) is 33.7 Å². The Bertz CT molecular complexity index is 1460. The molecule has 1 amide bonds. The first-order valence-corrected chi connectivity index (χ1v) is 13.7. The van der Waals surface area contributed by atoms with E-state index in [4.69, 9.17) is 27.6 Å². The minimum Gasteiger partial charge on any atom is -0.440 e. The molecule has 190 valence electrons. The van der Waals surface area contributed by atoms with Crippen LogP contribution in [0.15, 0.2) is 70.2 Å². The molecule has 1 fully saturated rings. The molecule has 2 aromatic heterocycles. The van der Waals surface area contributed by atoms with Crippen LogP contribution >= 0.6 is 23.2 Å². The van der Waals surface area contributed by atoms with Crippen LogP contribution in [0.3, 0.4) is 0 Å². The van der Waals surface area contributed by atoms with Crippen molar-refractivity contribution in [3.63, 3.8) is 0 Å². The van der Waals surface area contributed by atoms with Crippen LogP contribution in [0.2, 0.25) is 10.0 Å². The second kappa shape index (κ2) is 10.4. The molecular weight excluding hydrogens is 536 g/mol. The number of carbonyl (C=O) groups excluding carboxylic acids is 1. The van der Waals surface area contributed by atoms with Crippen molar-refractivity contribution in [2.24, 2.45) is 0 Å². The van der Waals surface area contributed by atoms with Crippen molar-refractivity contribution in [2.45, 2.75) is 36.5 Å². The summed E-state index contributed by atoms with van der Waals surface area (Å²) in [6.45, 7) is 1.83. The predicted molar refractivity (Wildman–Crippen MR) is 142 cm³/mol. The topological polar surface area (TPSA) is 85.1 Å². The number of hydrogen-bond donors (Lipinski definition) is 1. The number of oxazole rings is 1. The summed E-state index contributed by atoms with van der Waals surface area (Å²) in [6.07, 6.45) is 4.70. The number of amides is 1. The molecule has 0 bridgehead atoms. The van der Waals surface area contributed by atoms with Gasteiger partial charge in [0.2, 0.25) is 11.8 Å². The summed E-state index contributed by atoms with van der Waals surface area (Å²) in [5.74, 6) is 0.915. The lowest BCUT2D eigenvalue weighted by atomic mass is 9.95. The van der Waals surface area contributed by atoms with E-state index in [1.54, 1.807) is 42.6 Å². The molecule has 10 heteroatoms. The van der Waals surface area contributed by atoms with Crippen LogP contribution in [0.4, 0.5) is 10.1 Å². The Kier molecular flexibility index (Phi) is 7.16. The Labute approximate surface area is 225 Å². The SMILES string of the molecule is CCS(=O)c1ccc(CC(=O)Nc2cc(Cl)c(C3(c4ncc(-c5ccc(F)cc5)o4)CC3)c(Cl)c2)nc1. The fourth-order valence-corrected chi connectivity index (χ4v) is 5.80. The standard InChI is InChI=1S/C27H22Cl2FN3O3S/c1-2-37(35)20-8-7-18(31-14-20)13-24(34)33-19-11-21(28)25(22(29)12-19)27(9-10-27)26-32-15-23(36-26)16-3-5-17(30)6-4-16/h3-8,11-12,14-15H,2,9-10,13H2,1H3,(H,33,34). The van der Waals surface area contributed by atoms with E-state index >= 15 is 0 Å². The second-order valence-electron chi connectivity index (χ2n) is 8.78. The Balaban J connectivity index is 1.32. The van der Waals surface area contributed by atoms with Crippen molar-refractivity contribution in [1.82, 2.24) is 9.97 Å². The van der Waals surface area contributed by atoms with Crippen LogP contribution in [0.25, 0.3) is 11.3 Å². The van der Waals surface area contributed by atoms with Crippen molar-refractivity contribution >= 4 is 45.6 Å². The van der Waals surface area contributed by atoms with Gasteiger partial charge in [-0.2, -0.15) is 0 Å². The van der Waals surface area contributed by atoms with Gasteiger partial charge in [0.25, 0.3) is 0 Å². The molecule has 0 spiro atoms. The van der Waals surface area contributed by atoms with Crippen molar-refractivity contribution in [3.8, 4) is 11.3 Å². The Morgan fingerprint density at radius 2 is 1.78 bits per heavy atom. The van der Waals surface area contributed by atoms with E-state index in [9.17, 15) is 13.4 Å². The smallest absolute Gasteiger partial charge is 0.230 e. The summed E-state index contributed by atoms with van der Waals surface area (Å²) < 4.78 is 31.2. The third-order valence-corrected chi connectivity index (χ3v) is 8.15. The zero-order valence-electron chi connectivity index (χ0n) is 19.8. The van der Waals surface area contributed by atoms with Crippen molar-refractivity contribution in [1.29, 1.82) is 0 Å². The van der Waals surface area contributed by atoms with E-state index in [-0.39, 0.29) is 18.1 Å². The molecular formula is C27H22Cl2FN3O3S. The quantitative estimate of drug-likeness (QED) is 0.264. The number of nitrogens with zero attached hydrogens (tertiary/aromatic N) is 2. The van der Waals surface area contributed by atoms with Crippen LogP contribution in [-0.2, 0) is 27.4 Å². The van der Waals surface area contributed by atoms with Crippen molar-refractivity contribution in [3.05, 3.63) is 93.9 Å². The molecule has 1 unspecified atom stereocenters. The number of benzene rings is 2. The molecule has 4 aromatic rings. The highest BCUT2D eigenvalue weighted by Crippen LogP contribution is 2.57. The fourth-order valence-electron chi connectivity index (χ4n) is 4.23. The number of anilines is 1. The summed E-state index contributed by atoms with van der Waals surface area (Å²) in [4.78, 5) is 22.0. The molecule has 2 aromatic carbocycles. The maximum absolute atomic E-state index is 13.3. The lowest BCUT2D eigenvalue weighted by Crippen LogP contribution is -2.16. The molecule has 0 aliphatic heterocycles. The monoisotopic (exact) mass is 557 g/mol. The Hall–Kier alpha value is -3.07. The zero-order valence-corrected chi connectivity index (χ0v) is 22.1. The van der Waals surface area contributed by atoms with Crippen LogP contribution in [0, 0.1) is 5.82 Å². The van der Waals surface area contributed by atoms with E-state index in [0.717, 1.165) is 12.8 Å². The minimum atomic E-state index is -1.09. The van der Waals surface area contributed by atoms with Crippen LogP contribution in [0.1, 0.15) is 36.9 Å². The zero-order chi connectivity index (χ0) is 26.2. The molecule has 1 aliphatic rings. The largest absolute Gasteiger partial charge is 0.440 e. The van der Waals surface area contributed by atoms with Gasteiger partial charge >= 0.3 is 0 Å². The molecule has 1 atom stereocenters. The van der Waals surface area contributed by atoms with Gasteiger partial charge in [0, 0.05) is 44.5 Å². The first kappa shape index (κ1) is 25.6. The van der Waals surface area contributed by atoms with Gasteiger partial charge in [-0.15, -0.1) is 0 Å². The highest BCUT2D eigenvalue weighted by atomic mass is 35.5. The van der Waals surface area contributed by atoms with Crippen LogP contribution in [0.5, 0.6) is 0 Å². The number of pyridine rings is 1. The first-order valence-electron chi connectivity index (χ1n) is 11.6. The summed E-state index contributed by atoms with van der Waals surface area (Å²) in [6, 6.07) is 12.7. The van der Waals surface area contributed by atoms with Crippen LogP contribution < -0.4 is 5.32 Å². The Morgan fingerprint density at radius 1 is 1.08 bits per heavy atom. The van der Waals surface area contributed by atoms with Crippen LogP contribution in [-0.4, -0.2) is 25.8 Å². The average molecular weight is 558 g/mol. The molecule has 5 rings (SSSR count). The summed E-state index contributed by atoms with van der Waals surface area (Å²) in [7, 11) is -1.09. The Morgan fingerprint density at radius 3 is 2.38 bits per heavy atom. The summed E-state index contributed by atoms with van der Waals surface area (Å²) in [5, 5.41) is 3.60. The van der Waals surface area contributed by atoms with E-state index in [1.807, 2.05) is 6.92 Å². The van der Waals surface area contributed by atoms with E-state index in [2.05, 4.69) is 15.3 Å². The number of nitrogens with one attached hydrogen (secondary N) is 1. The highest BCUT2D eigenvalue weighted by Gasteiger charge is 2.52. The van der Waals surface area contributed by atoms with Gasteiger partial charge in [-0.3, -0.25) is 14.0 Å². The van der Waals surface area contributed by atoms with E-state index in [0.29, 0.717) is 54.9 Å². The molecule has 1 saturated carbocycles. The lowest BCUT2D eigenvalue weighted by molar-refractivity contribution is -0.115. The maximum atomic E-state index is 13.3. The summed E-state index contributed by atoms with van der Waals surface area (Å²) in [5.41, 5.74) is 1.87. The minimum absolute atomic E-state index is 0.0441. The predicted octanol–water partition coefficient (Wildman–Crippen LogP) is 6.57. The van der Waals surface area contributed by atoms with Crippen molar-refractivity contribution in [2.75, 3.05) is 11.1 Å². The van der Waals surface area contributed by atoms with Gasteiger partial charge in [-0.1, -0.05) is 30.1 Å². The number of halogens is 3. The number of rotatable bonds is 8. The average Bonchev–Trinajstić information content (AvgIpc) is 3.50. The molecule has 1 N–H and O–H groups in total. The van der Waals surface area contributed by atoms with Gasteiger partial charge < -0.3 is 9.73 Å². The lowest BCUT2D eigenvalue weighted by Gasteiger charge is -2.17. The third-order valence-electron chi connectivity index (χ3n) is 6.26. The molecule has 0 radical (unpaired) electrons. The first-order chi connectivity index (χ1) is 17.8. The molecule has 6 nitrogen and oxygen atoms in total. The normalized spacial score (nSPS) is 14.8. The van der Waals surface area contributed by atoms with Gasteiger partial charge in [0.1, 0.15) is 5.82 Å². The number of carbonyl (C=O) groups is 1. The fraction of sp³-hybridized carbons (Fsp3) is 0.222. The highest BCUT2D eigenvalue weighted by molar-refractivity contribution is 7.85. The second-order valence-corrected chi connectivity index (χ2v) is 11.3. The molecule has 0 saturated heterocycles. The number of hydrogen-bond acceptors (Lipinski definition) is 5. The molecule has 2 heterocycles. The molecule has 37 heavy (non-hydrogen) atoms. The van der Waals surface area contributed by atoms with E-state index in [1.165, 1.54) is 18.3 Å². The summed E-state index contributed by atoms with van der Waals surface area (Å²) >= 11 is 13.3. The van der Waals surface area contributed by atoms with Gasteiger partial charge in [0.15, 0.2) is 5.76 Å². The van der Waals surface area contributed by atoms with E-state index < -0.39 is 16.2 Å². The third kappa shape index (κ3) is 5.32. The van der Waals surface area contributed by atoms with Gasteiger partial charge in [-0.25, -0.2) is 9.37 Å². The van der Waals surface area contributed by atoms with Crippen molar-refractivity contribution < 1.29 is 17.8 Å². The van der Waals surface area contributed by atoms with Gasteiger partial charge in [-0.05, 0) is 61.4 Å².